The van der Waals surface area contributed by atoms with E-state index in [0.717, 1.165) is 36.8 Å². The summed E-state index contributed by atoms with van der Waals surface area (Å²) in [7, 11) is 0. The van der Waals surface area contributed by atoms with Crippen LogP contribution in [0.25, 0.3) is 0 Å². The average molecular weight is 452 g/mol. The van der Waals surface area contributed by atoms with Crippen LogP contribution in [0.4, 0.5) is 0 Å². The summed E-state index contributed by atoms with van der Waals surface area (Å²) in [5.74, 6) is 0.314. The van der Waals surface area contributed by atoms with Crippen molar-refractivity contribution in [3.63, 3.8) is 0 Å². The topological polar surface area (TPSA) is 23.5 Å². The molecule has 152 valence electrons. The molecule has 1 heterocycles. The molecule has 3 heteroatoms. The van der Waals surface area contributed by atoms with Crippen molar-refractivity contribution in [3.05, 3.63) is 93.5 Å². The van der Waals surface area contributed by atoms with E-state index in [2.05, 4.69) is 88.4 Å². The number of nitrogens with zero attached hydrogens (tertiary/aromatic N) is 1. The van der Waals surface area contributed by atoms with Gasteiger partial charge in [0.05, 0.1) is 6.10 Å². The van der Waals surface area contributed by atoms with E-state index in [9.17, 15) is 5.11 Å². The zero-order chi connectivity index (χ0) is 20.2. The zero-order valence-corrected chi connectivity index (χ0v) is 18.7. The first-order chi connectivity index (χ1) is 14.2. The van der Waals surface area contributed by atoms with E-state index in [1.165, 1.54) is 11.1 Å². The summed E-state index contributed by atoms with van der Waals surface area (Å²) in [4.78, 5) is 2.50. The van der Waals surface area contributed by atoms with Crippen molar-refractivity contribution in [3.8, 4) is 0 Å². The summed E-state index contributed by atoms with van der Waals surface area (Å²) in [5.41, 5.74) is 5.62. The Bertz CT molecular complexity index is 889. The van der Waals surface area contributed by atoms with Crippen LogP contribution in [0.1, 0.15) is 37.3 Å². The summed E-state index contributed by atoms with van der Waals surface area (Å²) in [6, 6.07) is 18.9. The third kappa shape index (κ3) is 4.58. The number of rotatable bonds is 6. The maximum Gasteiger partial charge on any atom is 0.0744 e. The number of aliphatic hydroxyl groups excluding tert-OH is 1. The molecule has 0 radical (unpaired) electrons. The molecule has 0 bridgehead atoms. The highest BCUT2D eigenvalue weighted by Crippen LogP contribution is 2.40. The highest BCUT2D eigenvalue weighted by Gasteiger charge is 2.42. The Morgan fingerprint density at radius 1 is 1.10 bits per heavy atom. The molecule has 0 spiro atoms. The van der Waals surface area contributed by atoms with Gasteiger partial charge in [-0.05, 0) is 48.4 Å². The lowest BCUT2D eigenvalue weighted by atomic mass is 9.87. The summed E-state index contributed by atoms with van der Waals surface area (Å²) in [5, 5.41) is 11.4. The van der Waals surface area contributed by atoms with Crippen molar-refractivity contribution in [1.82, 2.24) is 4.90 Å². The number of allylic oxidation sites excluding steroid dienone is 2. The minimum Gasteiger partial charge on any atom is -0.391 e. The molecule has 2 aromatic carbocycles. The molecule has 0 saturated carbocycles. The van der Waals surface area contributed by atoms with Gasteiger partial charge in [-0.1, -0.05) is 89.1 Å². The van der Waals surface area contributed by atoms with Gasteiger partial charge in [-0.2, -0.15) is 0 Å². The second-order valence-corrected chi connectivity index (χ2v) is 9.07. The number of hydrogen-bond acceptors (Lipinski definition) is 2. The van der Waals surface area contributed by atoms with Crippen LogP contribution >= 0.6 is 15.9 Å². The maximum absolute atomic E-state index is 11.4. The highest BCUT2D eigenvalue weighted by atomic mass is 79.9. The number of benzene rings is 2. The first kappa shape index (κ1) is 20.6. The van der Waals surface area contributed by atoms with Crippen molar-refractivity contribution in [2.24, 2.45) is 5.92 Å². The lowest BCUT2D eigenvalue weighted by Gasteiger charge is -2.31. The summed E-state index contributed by atoms with van der Waals surface area (Å²) in [6.07, 6.45) is 8.38. The molecular formula is C26H30BrNO. The first-order valence-corrected chi connectivity index (χ1v) is 11.5. The van der Waals surface area contributed by atoms with E-state index in [1.54, 1.807) is 11.1 Å². The maximum atomic E-state index is 11.4. The Balaban J connectivity index is 1.67. The van der Waals surface area contributed by atoms with Gasteiger partial charge in [0, 0.05) is 29.5 Å². The lowest BCUT2D eigenvalue weighted by Crippen LogP contribution is -2.43. The monoisotopic (exact) mass is 451 g/mol. The minimum absolute atomic E-state index is 0.105. The van der Waals surface area contributed by atoms with Crippen LogP contribution in [0.3, 0.4) is 0 Å². The third-order valence-corrected chi connectivity index (χ3v) is 7.19. The smallest absolute Gasteiger partial charge is 0.0744 e. The van der Waals surface area contributed by atoms with E-state index in [0.29, 0.717) is 12.3 Å². The average Bonchev–Trinajstić information content (AvgIpc) is 2.96. The third-order valence-electron chi connectivity index (χ3n) is 6.42. The Hall–Kier alpha value is -1.68. The second-order valence-electron chi connectivity index (χ2n) is 8.22. The molecule has 4 rings (SSSR count). The molecule has 0 amide bonds. The fourth-order valence-electron chi connectivity index (χ4n) is 4.97. The van der Waals surface area contributed by atoms with E-state index in [-0.39, 0.29) is 6.04 Å². The fourth-order valence-corrected chi connectivity index (χ4v) is 5.38. The SMILES string of the molecule is CCC1=C2CN(Cc3ccccc3Br)[C@@H]([C@@H](O)Cc3ccccc3)C2C=CCC1. The fraction of sp³-hybridized carbons (Fsp3) is 0.385. The van der Waals surface area contributed by atoms with Crippen molar-refractivity contribution < 1.29 is 5.11 Å². The van der Waals surface area contributed by atoms with E-state index in [4.69, 9.17) is 0 Å². The van der Waals surface area contributed by atoms with Crippen molar-refractivity contribution in [2.45, 2.75) is 51.3 Å². The van der Waals surface area contributed by atoms with Crippen LogP contribution in [0.2, 0.25) is 0 Å². The van der Waals surface area contributed by atoms with E-state index < -0.39 is 6.10 Å². The van der Waals surface area contributed by atoms with Crippen molar-refractivity contribution in [2.75, 3.05) is 6.54 Å². The molecule has 2 aliphatic rings. The van der Waals surface area contributed by atoms with Gasteiger partial charge in [0.25, 0.3) is 0 Å². The summed E-state index contributed by atoms with van der Waals surface area (Å²) >= 11 is 3.71. The van der Waals surface area contributed by atoms with Gasteiger partial charge in [-0.15, -0.1) is 0 Å². The molecule has 0 aromatic heterocycles. The molecule has 2 nitrogen and oxygen atoms in total. The van der Waals surface area contributed by atoms with E-state index >= 15 is 0 Å². The number of likely N-dealkylation sites (tertiary alicyclic amines) is 1. The molecule has 1 aliphatic carbocycles. The van der Waals surface area contributed by atoms with Crippen LogP contribution in [-0.4, -0.2) is 28.7 Å². The Morgan fingerprint density at radius 2 is 1.86 bits per heavy atom. The lowest BCUT2D eigenvalue weighted by molar-refractivity contribution is 0.0579. The Morgan fingerprint density at radius 3 is 2.62 bits per heavy atom. The van der Waals surface area contributed by atoms with Crippen molar-refractivity contribution >= 4 is 15.9 Å². The minimum atomic E-state index is -0.400. The first-order valence-electron chi connectivity index (χ1n) is 10.7. The summed E-state index contributed by atoms with van der Waals surface area (Å²) < 4.78 is 1.14. The Kier molecular flexibility index (Phi) is 6.69. The zero-order valence-electron chi connectivity index (χ0n) is 17.1. The van der Waals surface area contributed by atoms with Crippen LogP contribution in [0, 0.1) is 5.92 Å². The van der Waals surface area contributed by atoms with Crippen LogP contribution in [0.5, 0.6) is 0 Å². The molecular weight excluding hydrogens is 422 g/mol. The largest absolute Gasteiger partial charge is 0.391 e. The van der Waals surface area contributed by atoms with Gasteiger partial charge in [0.1, 0.15) is 0 Å². The van der Waals surface area contributed by atoms with Crippen LogP contribution < -0.4 is 0 Å². The van der Waals surface area contributed by atoms with Gasteiger partial charge in [-0.3, -0.25) is 4.90 Å². The van der Waals surface area contributed by atoms with Crippen molar-refractivity contribution in [1.29, 1.82) is 0 Å². The van der Waals surface area contributed by atoms with Gasteiger partial charge in [0.2, 0.25) is 0 Å². The van der Waals surface area contributed by atoms with Crippen LogP contribution in [-0.2, 0) is 13.0 Å². The molecule has 1 N–H and O–H groups in total. The predicted octanol–water partition coefficient (Wildman–Crippen LogP) is 5.91. The quantitative estimate of drug-likeness (QED) is 0.551. The van der Waals surface area contributed by atoms with Gasteiger partial charge in [0.15, 0.2) is 0 Å². The molecule has 1 aliphatic heterocycles. The van der Waals surface area contributed by atoms with Gasteiger partial charge in [-0.25, -0.2) is 0 Å². The Labute approximate surface area is 183 Å². The number of halogens is 1. The highest BCUT2D eigenvalue weighted by molar-refractivity contribution is 9.10. The number of fused-ring (bicyclic) bond motifs is 1. The van der Waals surface area contributed by atoms with Gasteiger partial charge < -0.3 is 5.11 Å². The van der Waals surface area contributed by atoms with Gasteiger partial charge >= 0.3 is 0 Å². The second kappa shape index (κ2) is 9.42. The number of hydrogen-bond donors (Lipinski definition) is 1. The van der Waals surface area contributed by atoms with Crippen LogP contribution in [0.15, 0.2) is 82.4 Å². The number of aliphatic hydroxyl groups is 1. The summed E-state index contributed by atoms with van der Waals surface area (Å²) in [6.45, 7) is 4.08. The standard InChI is InChI=1S/C26H30BrNO/c1-2-20-12-6-8-14-22-23(20)18-28(17-21-13-7-9-15-24(21)27)26(22)25(29)16-19-10-4-3-5-11-19/h3-5,7-11,13-15,22,25-26,29H,2,6,12,16-18H2,1H3/t22?,25-,26+/m0/s1. The molecule has 2 aromatic rings. The molecule has 29 heavy (non-hydrogen) atoms. The molecule has 1 unspecified atom stereocenters. The predicted molar refractivity (Wildman–Crippen MR) is 124 cm³/mol. The normalized spacial score (nSPS) is 23.1. The molecule has 1 saturated heterocycles. The molecule has 3 atom stereocenters. The van der Waals surface area contributed by atoms with E-state index in [1.807, 2.05) is 6.07 Å². The molecule has 1 fully saturated rings.